The Morgan fingerprint density at radius 3 is 1.85 bits per heavy atom. The van der Waals surface area contributed by atoms with E-state index in [-0.39, 0.29) is 22.4 Å². The summed E-state index contributed by atoms with van der Waals surface area (Å²) in [5.74, 6) is -0.906. The molecule has 0 atom stereocenters. The molecule has 10 heteroatoms. The van der Waals surface area contributed by atoms with Crippen molar-refractivity contribution in [2.24, 2.45) is 10.7 Å². The lowest BCUT2D eigenvalue weighted by Crippen LogP contribution is -2.46. The number of carbonyl (C=O) groups is 2. The largest absolute Gasteiger partial charge is 0.443 e. The summed E-state index contributed by atoms with van der Waals surface area (Å²) in [5.41, 5.74) is 7.93. The van der Waals surface area contributed by atoms with Gasteiger partial charge in [0.05, 0.1) is 4.90 Å². The van der Waals surface area contributed by atoms with Crippen LogP contribution in [-0.4, -0.2) is 30.9 Å². The molecule has 176 valence electrons. The van der Waals surface area contributed by atoms with Crippen molar-refractivity contribution in [3.05, 3.63) is 102 Å². The van der Waals surface area contributed by atoms with Crippen LogP contribution in [0.1, 0.15) is 16.7 Å². The Kier molecular flexibility index (Phi) is 7.99. The number of nitrogens with two attached hydrogens (primary N) is 1. The first-order valence-corrected chi connectivity index (χ1v) is 11.6. The molecule has 0 heterocycles. The number of aryl methyl sites for hydroxylation is 1. The van der Waals surface area contributed by atoms with Crippen molar-refractivity contribution >= 4 is 28.2 Å². The van der Waals surface area contributed by atoms with E-state index in [0.29, 0.717) is 11.1 Å². The average Bonchev–Trinajstić information content (AvgIpc) is 2.83. The number of rotatable bonds is 6. The topological polar surface area (TPSA) is 128 Å². The Balaban J connectivity index is 1.84. The van der Waals surface area contributed by atoms with Crippen LogP contribution >= 0.6 is 0 Å². The fraction of sp³-hybridized carbons (Fsp3) is 0.125. The standard InChI is InChI=1S/C24H23N3O6S/c1-18-12-14-21(15-13-18)34(30,31)27(24(29)33-17-20-10-6-3-7-11-20)22(25)26-23(28)32-16-19-8-4-2-5-9-19/h2-15H,16-17H2,1H3,(H2,25,26,28). The molecule has 0 aliphatic carbocycles. The highest BCUT2D eigenvalue weighted by Gasteiger charge is 2.35. The average molecular weight is 482 g/mol. The lowest BCUT2D eigenvalue weighted by molar-refractivity contribution is 0.130. The second-order valence-electron chi connectivity index (χ2n) is 7.13. The third kappa shape index (κ3) is 6.42. The number of hydrogen-bond acceptors (Lipinski definition) is 6. The number of sulfonamides is 1. The number of carbonyl (C=O) groups excluding carboxylic acids is 2. The molecule has 3 aromatic carbocycles. The van der Waals surface area contributed by atoms with E-state index in [1.165, 1.54) is 12.1 Å². The van der Waals surface area contributed by atoms with Crippen molar-refractivity contribution < 1.29 is 27.5 Å². The van der Waals surface area contributed by atoms with Gasteiger partial charge in [0.15, 0.2) is 0 Å². The first-order chi connectivity index (χ1) is 16.3. The summed E-state index contributed by atoms with van der Waals surface area (Å²) in [7, 11) is -4.54. The third-order valence-electron chi connectivity index (χ3n) is 4.55. The van der Waals surface area contributed by atoms with Gasteiger partial charge in [0.2, 0.25) is 5.96 Å². The van der Waals surface area contributed by atoms with Crippen molar-refractivity contribution in [1.29, 1.82) is 0 Å². The molecule has 0 unspecified atom stereocenters. The molecule has 0 aliphatic heterocycles. The van der Waals surface area contributed by atoms with E-state index in [0.717, 1.165) is 5.56 Å². The number of ether oxygens (including phenoxy) is 2. The first-order valence-electron chi connectivity index (χ1n) is 10.1. The van der Waals surface area contributed by atoms with Gasteiger partial charge in [0.25, 0.3) is 10.0 Å². The molecule has 3 aromatic rings. The van der Waals surface area contributed by atoms with Gasteiger partial charge in [-0.1, -0.05) is 78.4 Å². The summed E-state index contributed by atoms with van der Waals surface area (Å²) in [4.78, 5) is 28.2. The fourth-order valence-corrected chi connectivity index (χ4v) is 4.03. The maximum Gasteiger partial charge on any atom is 0.437 e. The van der Waals surface area contributed by atoms with Crippen LogP contribution < -0.4 is 5.73 Å². The summed E-state index contributed by atoms with van der Waals surface area (Å²) in [6.45, 7) is 1.45. The van der Waals surface area contributed by atoms with Gasteiger partial charge in [-0.2, -0.15) is 0 Å². The van der Waals surface area contributed by atoms with Gasteiger partial charge in [-0.05, 0) is 30.2 Å². The minimum atomic E-state index is -4.54. The van der Waals surface area contributed by atoms with Crippen LogP contribution in [0.15, 0.2) is 94.8 Å². The lowest BCUT2D eigenvalue weighted by atomic mass is 10.2. The molecule has 2 N–H and O–H groups in total. The molecule has 0 spiro atoms. The monoisotopic (exact) mass is 481 g/mol. The van der Waals surface area contributed by atoms with Crippen LogP contribution in [0.3, 0.4) is 0 Å². The lowest BCUT2D eigenvalue weighted by Gasteiger charge is -2.21. The molecule has 9 nitrogen and oxygen atoms in total. The Labute approximate surface area is 197 Å². The van der Waals surface area contributed by atoms with E-state index in [9.17, 15) is 18.0 Å². The Morgan fingerprint density at radius 2 is 1.32 bits per heavy atom. The predicted octanol–water partition coefficient (Wildman–Crippen LogP) is 3.97. The maximum atomic E-state index is 13.2. The molecule has 2 amide bonds. The molecule has 0 bridgehead atoms. The van der Waals surface area contributed by atoms with E-state index in [2.05, 4.69) is 4.99 Å². The number of aliphatic imine (C=N–C) groups is 1. The molecule has 0 radical (unpaired) electrons. The van der Waals surface area contributed by atoms with E-state index in [4.69, 9.17) is 15.2 Å². The van der Waals surface area contributed by atoms with Crippen LogP contribution in [0.4, 0.5) is 9.59 Å². The van der Waals surface area contributed by atoms with E-state index in [1.54, 1.807) is 79.7 Å². The molecule has 0 aliphatic rings. The fourth-order valence-electron chi connectivity index (χ4n) is 2.80. The minimum Gasteiger partial charge on any atom is -0.443 e. The van der Waals surface area contributed by atoms with Gasteiger partial charge in [0.1, 0.15) is 13.2 Å². The van der Waals surface area contributed by atoms with Gasteiger partial charge in [-0.3, -0.25) is 0 Å². The highest BCUT2D eigenvalue weighted by atomic mass is 32.2. The van der Waals surface area contributed by atoms with Crippen molar-refractivity contribution in [2.75, 3.05) is 0 Å². The van der Waals surface area contributed by atoms with Crippen molar-refractivity contribution in [2.45, 2.75) is 25.0 Å². The molecule has 34 heavy (non-hydrogen) atoms. The Hall–Kier alpha value is -4.18. The van der Waals surface area contributed by atoms with Crippen molar-refractivity contribution in [1.82, 2.24) is 4.31 Å². The highest BCUT2D eigenvalue weighted by molar-refractivity contribution is 7.90. The van der Waals surface area contributed by atoms with E-state index in [1.807, 2.05) is 0 Å². The second-order valence-corrected chi connectivity index (χ2v) is 8.92. The van der Waals surface area contributed by atoms with Crippen molar-refractivity contribution in [3.8, 4) is 0 Å². The predicted molar refractivity (Wildman–Crippen MR) is 125 cm³/mol. The molecule has 0 aromatic heterocycles. The van der Waals surface area contributed by atoms with Gasteiger partial charge in [-0.25, -0.2) is 18.0 Å². The molecule has 0 saturated carbocycles. The zero-order valence-corrected chi connectivity index (χ0v) is 19.1. The quantitative estimate of drug-likeness (QED) is 0.417. The molecule has 3 rings (SSSR count). The summed E-state index contributed by atoms with van der Waals surface area (Å²) in [5, 5.41) is 0. The highest BCUT2D eigenvalue weighted by Crippen LogP contribution is 2.18. The molecule has 0 saturated heterocycles. The smallest absolute Gasteiger partial charge is 0.437 e. The molecule has 0 fully saturated rings. The Morgan fingerprint density at radius 1 is 0.824 bits per heavy atom. The number of hydrogen-bond donors (Lipinski definition) is 1. The third-order valence-corrected chi connectivity index (χ3v) is 6.23. The second kappa shape index (κ2) is 11.1. The zero-order valence-electron chi connectivity index (χ0n) is 18.3. The zero-order chi connectivity index (χ0) is 24.6. The maximum absolute atomic E-state index is 13.2. The van der Waals surface area contributed by atoms with Crippen LogP contribution in [-0.2, 0) is 32.7 Å². The van der Waals surface area contributed by atoms with Crippen LogP contribution in [0.5, 0.6) is 0 Å². The van der Waals surface area contributed by atoms with Crippen LogP contribution in [0.2, 0.25) is 0 Å². The Bertz CT molecular complexity index is 1260. The number of amides is 2. The number of benzene rings is 3. The SMILES string of the molecule is Cc1ccc(S(=O)(=O)N(C(=O)OCc2ccccc2)C(N)=NC(=O)OCc2ccccc2)cc1. The summed E-state index contributed by atoms with van der Waals surface area (Å²) in [6.07, 6.45) is -2.48. The van der Waals surface area contributed by atoms with Gasteiger partial charge >= 0.3 is 12.2 Å². The summed E-state index contributed by atoms with van der Waals surface area (Å²) >= 11 is 0. The van der Waals surface area contributed by atoms with Crippen molar-refractivity contribution in [3.63, 3.8) is 0 Å². The van der Waals surface area contributed by atoms with Gasteiger partial charge in [-0.15, -0.1) is 9.30 Å². The first kappa shape index (κ1) is 24.5. The number of guanidine groups is 1. The van der Waals surface area contributed by atoms with E-state index >= 15 is 0 Å². The van der Waals surface area contributed by atoms with Crippen LogP contribution in [0.25, 0.3) is 0 Å². The van der Waals surface area contributed by atoms with Gasteiger partial charge in [0, 0.05) is 0 Å². The van der Waals surface area contributed by atoms with E-state index < -0.39 is 28.2 Å². The number of nitrogens with zero attached hydrogens (tertiary/aromatic N) is 2. The molecular weight excluding hydrogens is 458 g/mol. The van der Waals surface area contributed by atoms with Gasteiger partial charge < -0.3 is 15.2 Å². The molecular formula is C24H23N3O6S. The van der Waals surface area contributed by atoms with Crippen LogP contribution in [0, 0.1) is 6.92 Å². The summed E-state index contributed by atoms with van der Waals surface area (Å²) < 4.78 is 36.7. The minimum absolute atomic E-state index is 0.111. The summed E-state index contributed by atoms with van der Waals surface area (Å²) in [6, 6.07) is 23.2. The normalized spacial score (nSPS) is 11.5.